The van der Waals surface area contributed by atoms with E-state index in [0.29, 0.717) is 6.54 Å². The highest BCUT2D eigenvalue weighted by Crippen LogP contribution is 2.25. The zero-order valence-electron chi connectivity index (χ0n) is 11.7. The van der Waals surface area contributed by atoms with Gasteiger partial charge in [0.2, 0.25) is 0 Å². The fraction of sp³-hybridized carbons (Fsp3) is 0.312. The van der Waals surface area contributed by atoms with E-state index in [1.165, 1.54) is 4.88 Å². The first-order valence-corrected chi connectivity index (χ1v) is 8.14. The number of carbonyl (C=O) groups is 1. The van der Waals surface area contributed by atoms with Crippen LogP contribution >= 0.6 is 27.3 Å². The van der Waals surface area contributed by atoms with Gasteiger partial charge in [-0.3, -0.25) is 4.90 Å². The molecule has 106 valence electrons. The first kappa shape index (κ1) is 15.4. The fourth-order valence-corrected chi connectivity index (χ4v) is 3.87. The summed E-state index contributed by atoms with van der Waals surface area (Å²) < 4.78 is 1.12. The van der Waals surface area contributed by atoms with E-state index in [9.17, 15) is 4.79 Å². The van der Waals surface area contributed by atoms with Gasteiger partial charge in [0, 0.05) is 27.8 Å². The number of rotatable bonds is 6. The lowest BCUT2D eigenvalue weighted by Gasteiger charge is -2.29. The molecule has 2 aromatic rings. The predicted molar refractivity (Wildman–Crippen MR) is 88.2 cm³/mol. The van der Waals surface area contributed by atoms with Crippen molar-refractivity contribution in [3.05, 3.63) is 56.7 Å². The van der Waals surface area contributed by atoms with Crippen molar-refractivity contribution in [1.29, 1.82) is 0 Å². The van der Waals surface area contributed by atoms with Crippen molar-refractivity contribution in [2.24, 2.45) is 0 Å². The molecule has 2 nitrogen and oxygen atoms in total. The molecule has 0 saturated carbocycles. The predicted octanol–water partition coefficient (Wildman–Crippen LogP) is 4.10. The van der Waals surface area contributed by atoms with Gasteiger partial charge in [0.15, 0.2) is 0 Å². The Labute approximate surface area is 132 Å². The molecule has 2 rings (SSSR count). The van der Waals surface area contributed by atoms with Gasteiger partial charge in [-0.1, -0.05) is 30.3 Å². The molecule has 0 fully saturated rings. The minimum absolute atomic E-state index is 0.468. The lowest BCUT2D eigenvalue weighted by atomic mass is 9.83. The molecule has 1 atom stereocenters. The fourth-order valence-electron chi connectivity index (χ4n) is 2.33. The van der Waals surface area contributed by atoms with Gasteiger partial charge < -0.3 is 4.79 Å². The summed E-state index contributed by atoms with van der Waals surface area (Å²) in [6, 6.07) is 12.1. The molecule has 0 aliphatic rings. The van der Waals surface area contributed by atoms with Gasteiger partial charge in [0.05, 0.1) is 5.41 Å². The van der Waals surface area contributed by atoms with Crippen LogP contribution in [0.15, 0.2) is 46.3 Å². The van der Waals surface area contributed by atoms with Gasteiger partial charge in [-0.05, 0) is 41.5 Å². The number of aldehydes is 1. The monoisotopic (exact) mass is 351 g/mol. The Hall–Kier alpha value is -0.970. The molecular formula is C16H18BrNOS. The maximum Gasteiger partial charge on any atom is 0.131 e. The van der Waals surface area contributed by atoms with Gasteiger partial charge in [-0.25, -0.2) is 0 Å². The summed E-state index contributed by atoms with van der Waals surface area (Å²) in [6.07, 6.45) is 1.06. The van der Waals surface area contributed by atoms with E-state index in [1.54, 1.807) is 11.3 Å². The van der Waals surface area contributed by atoms with Crippen molar-refractivity contribution in [3.63, 3.8) is 0 Å². The average Bonchev–Trinajstić information content (AvgIpc) is 2.84. The summed E-state index contributed by atoms with van der Waals surface area (Å²) in [4.78, 5) is 15.1. The lowest BCUT2D eigenvalue weighted by Crippen LogP contribution is -2.37. The second kappa shape index (κ2) is 6.66. The Bertz CT molecular complexity index is 569. The molecule has 1 unspecified atom stereocenters. The molecule has 0 aliphatic heterocycles. The normalized spacial score (nSPS) is 14.2. The minimum Gasteiger partial charge on any atom is -0.302 e. The zero-order valence-corrected chi connectivity index (χ0v) is 14.1. The molecule has 0 radical (unpaired) electrons. The molecule has 0 bridgehead atoms. The smallest absolute Gasteiger partial charge is 0.131 e. The van der Waals surface area contributed by atoms with Crippen molar-refractivity contribution in [2.75, 3.05) is 13.6 Å². The zero-order chi connectivity index (χ0) is 14.6. The summed E-state index contributed by atoms with van der Waals surface area (Å²) in [7, 11) is 2.05. The molecular weight excluding hydrogens is 334 g/mol. The van der Waals surface area contributed by atoms with E-state index in [4.69, 9.17) is 0 Å². The highest BCUT2D eigenvalue weighted by Gasteiger charge is 2.27. The van der Waals surface area contributed by atoms with Gasteiger partial charge >= 0.3 is 0 Å². The highest BCUT2D eigenvalue weighted by molar-refractivity contribution is 9.10. The minimum atomic E-state index is -0.468. The largest absolute Gasteiger partial charge is 0.302 e. The topological polar surface area (TPSA) is 20.3 Å². The number of halogens is 1. The summed E-state index contributed by atoms with van der Waals surface area (Å²) >= 11 is 5.20. The van der Waals surface area contributed by atoms with E-state index < -0.39 is 5.41 Å². The number of carbonyl (C=O) groups excluding carboxylic acids is 1. The first-order valence-electron chi connectivity index (χ1n) is 6.47. The third-order valence-electron chi connectivity index (χ3n) is 3.34. The molecule has 0 amide bonds. The van der Waals surface area contributed by atoms with Gasteiger partial charge in [0.1, 0.15) is 6.29 Å². The maximum atomic E-state index is 11.6. The van der Waals surface area contributed by atoms with E-state index >= 15 is 0 Å². The van der Waals surface area contributed by atoms with Crippen molar-refractivity contribution in [3.8, 4) is 0 Å². The third kappa shape index (κ3) is 3.78. The first-order chi connectivity index (χ1) is 9.53. The number of hydrogen-bond donors (Lipinski definition) is 0. The average molecular weight is 352 g/mol. The second-order valence-corrected chi connectivity index (χ2v) is 7.22. The summed E-state index contributed by atoms with van der Waals surface area (Å²) in [5.74, 6) is 0. The number of thiophene rings is 1. The van der Waals surface area contributed by atoms with Crippen LogP contribution in [0.4, 0.5) is 0 Å². The molecule has 0 saturated heterocycles. The number of benzene rings is 1. The van der Waals surface area contributed by atoms with Crippen molar-refractivity contribution >= 4 is 33.6 Å². The molecule has 1 aromatic heterocycles. The molecule has 0 spiro atoms. The molecule has 0 aliphatic carbocycles. The number of likely N-dealkylation sites (N-methyl/N-ethyl adjacent to an activating group) is 1. The SMILES string of the molecule is CN(Cc1cc(Br)cs1)CC(C)(C=O)c1ccccc1. The van der Waals surface area contributed by atoms with Crippen molar-refractivity contribution in [1.82, 2.24) is 4.90 Å². The third-order valence-corrected chi connectivity index (χ3v) is 5.02. The lowest BCUT2D eigenvalue weighted by molar-refractivity contribution is -0.112. The molecule has 1 heterocycles. The Morgan fingerprint density at radius 2 is 2.05 bits per heavy atom. The number of nitrogens with zero attached hydrogens (tertiary/aromatic N) is 1. The maximum absolute atomic E-state index is 11.6. The Balaban J connectivity index is 2.08. The Morgan fingerprint density at radius 3 is 2.60 bits per heavy atom. The molecule has 0 N–H and O–H groups in total. The van der Waals surface area contributed by atoms with Crippen LogP contribution < -0.4 is 0 Å². The van der Waals surface area contributed by atoms with E-state index in [1.807, 2.05) is 37.3 Å². The number of hydrogen-bond acceptors (Lipinski definition) is 3. The van der Waals surface area contributed by atoms with Crippen molar-refractivity contribution < 1.29 is 4.79 Å². The van der Waals surface area contributed by atoms with E-state index in [0.717, 1.165) is 22.9 Å². The van der Waals surface area contributed by atoms with Crippen LogP contribution in [-0.2, 0) is 16.8 Å². The van der Waals surface area contributed by atoms with Crippen LogP contribution in [-0.4, -0.2) is 24.8 Å². The summed E-state index contributed by atoms with van der Waals surface area (Å²) in [5.41, 5.74) is 0.596. The van der Waals surface area contributed by atoms with Crippen LogP contribution in [0.1, 0.15) is 17.4 Å². The van der Waals surface area contributed by atoms with Gasteiger partial charge in [-0.2, -0.15) is 0 Å². The summed E-state index contributed by atoms with van der Waals surface area (Å²) in [6.45, 7) is 3.55. The van der Waals surface area contributed by atoms with Crippen LogP contribution in [0.2, 0.25) is 0 Å². The quantitative estimate of drug-likeness (QED) is 0.730. The van der Waals surface area contributed by atoms with Gasteiger partial charge in [-0.15, -0.1) is 11.3 Å². The van der Waals surface area contributed by atoms with E-state index in [2.05, 4.69) is 39.3 Å². The van der Waals surface area contributed by atoms with E-state index in [-0.39, 0.29) is 0 Å². The standard InChI is InChI=1S/C16H18BrNOS/c1-16(12-19,13-6-4-3-5-7-13)11-18(2)9-15-8-14(17)10-20-15/h3-8,10,12H,9,11H2,1-2H3. The van der Waals surface area contributed by atoms with Gasteiger partial charge in [0.25, 0.3) is 0 Å². The Kier molecular flexibility index (Phi) is 5.13. The Morgan fingerprint density at radius 1 is 1.35 bits per heavy atom. The van der Waals surface area contributed by atoms with Crippen LogP contribution in [0.25, 0.3) is 0 Å². The van der Waals surface area contributed by atoms with Crippen LogP contribution in [0.3, 0.4) is 0 Å². The highest BCUT2D eigenvalue weighted by atomic mass is 79.9. The van der Waals surface area contributed by atoms with Crippen LogP contribution in [0, 0.1) is 0 Å². The van der Waals surface area contributed by atoms with Crippen LogP contribution in [0.5, 0.6) is 0 Å². The van der Waals surface area contributed by atoms with Crippen molar-refractivity contribution in [2.45, 2.75) is 18.9 Å². The molecule has 20 heavy (non-hydrogen) atoms. The summed E-state index contributed by atoms with van der Waals surface area (Å²) in [5, 5.41) is 2.08. The molecule has 4 heteroatoms. The molecule has 1 aromatic carbocycles. The second-order valence-electron chi connectivity index (χ2n) is 5.30.